The van der Waals surface area contributed by atoms with Crippen LogP contribution in [-0.2, 0) is 0 Å². The van der Waals surface area contributed by atoms with Gasteiger partial charge in [0.2, 0.25) is 0 Å². The summed E-state index contributed by atoms with van der Waals surface area (Å²) >= 11 is 0. The Morgan fingerprint density at radius 2 is 1.88 bits per heavy atom. The lowest BCUT2D eigenvalue weighted by Crippen LogP contribution is -2.09. The number of rotatable bonds is 4. The highest BCUT2D eigenvalue weighted by atomic mass is 14.6. The third kappa shape index (κ3) is 2.31. The van der Waals surface area contributed by atoms with E-state index in [1.54, 1.807) is 0 Å². The van der Waals surface area contributed by atoms with Gasteiger partial charge in [0.05, 0.1) is 0 Å². The Bertz CT molecular complexity index is 488. The van der Waals surface area contributed by atoms with E-state index in [1.807, 2.05) is 6.08 Å². The molecule has 0 aliphatic carbocycles. The fourth-order valence-corrected chi connectivity index (χ4v) is 1.90. The van der Waals surface area contributed by atoms with Crippen molar-refractivity contribution in [2.45, 2.75) is 18.9 Å². The van der Waals surface area contributed by atoms with Crippen molar-refractivity contribution >= 4 is 10.8 Å². The number of fused-ring (bicyclic) bond motifs is 1. The third-order valence-corrected chi connectivity index (χ3v) is 2.88. The minimum absolute atomic E-state index is 0.114. The molecule has 0 heterocycles. The van der Waals surface area contributed by atoms with Gasteiger partial charge in [0.1, 0.15) is 0 Å². The van der Waals surface area contributed by atoms with Crippen molar-refractivity contribution in [3.8, 4) is 0 Å². The first-order valence-electron chi connectivity index (χ1n) is 5.66. The van der Waals surface area contributed by atoms with Gasteiger partial charge in [-0.05, 0) is 35.2 Å². The molecule has 0 bridgehead atoms. The van der Waals surface area contributed by atoms with E-state index in [0.29, 0.717) is 0 Å². The first kappa shape index (κ1) is 10.9. The Kier molecular flexibility index (Phi) is 3.37. The van der Waals surface area contributed by atoms with Crippen LogP contribution in [0.2, 0.25) is 0 Å². The van der Waals surface area contributed by atoms with Crippen LogP contribution in [0.1, 0.15) is 24.4 Å². The number of allylic oxidation sites excluding steroid dienone is 1. The lowest BCUT2D eigenvalue weighted by molar-refractivity contribution is 0.662. The fourth-order valence-electron chi connectivity index (χ4n) is 1.90. The normalized spacial score (nSPS) is 12.6. The van der Waals surface area contributed by atoms with Crippen molar-refractivity contribution in [1.29, 1.82) is 0 Å². The van der Waals surface area contributed by atoms with Crippen LogP contribution in [0.5, 0.6) is 0 Å². The molecule has 1 heteroatoms. The molecule has 0 fully saturated rings. The average Bonchev–Trinajstić information content (AvgIpc) is 2.35. The third-order valence-electron chi connectivity index (χ3n) is 2.88. The van der Waals surface area contributed by atoms with Gasteiger partial charge < -0.3 is 5.73 Å². The second-order valence-electron chi connectivity index (χ2n) is 4.08. The molecule has 0 saturated heterocycles. The van der Waals surface area contributed by atoms with Crippen molar-refractivity contribution < 1.29 is 0 Å². The molecule has 0 aliphatic rings. The van der Waals surface area contributed by atoms with Crippen LogP contribution in [0.25, 0.3) is 10.8 Å². The monoisotopic (exact) mass is 211 g/mol. The highest BCUT2D eigenvalue weighted by Crippen LogP contribution is 2.21. The first-order valence-corrected chi connectivity index (χ1v) is 5.66. The minimum Gasteiger partial charge on any atom is -0.324 e. The average molecular weight is 211 g/mol. The predicted molar refractivity (Wildman–Crippen MR) is 70.3 cm³/mol. The number of benzene rings is 2. The SMILES string of the molecule is C=CCC[C@@H](N)c1ccc2ccccc2c1. The molecule has 0 amide bonds. The van der Waals surface area contributed by atoms with Crippen molar-refractivity contribution in [2.24, 2.45) is 5.73 Å². The highest BCUT2D eigenvalue weighted by Gasteiger charge is 2.05. The van der Waals surface area contributed by atoms with Gasteiger partial charge in [-0.15, -0.1) is 6.58 Å². The quantitative estimate of drug-likeness (QED) is 0.765. The maximum atomic E-state index is 6.12. The molecule has 2 aromatic rings. The van der Waals surface area contributed by atoms with Crippen LogP contribution in [-0.4, -0.2) is 0 Å². The second-order valence-corrected chi connectivity index (χ2v) is 4.08. The van der Waals surface area contributed by atoms with Crippen LogP contribution in [0.15, 0.2) is 55.1 Å². The molecule has 16 heavy (non-hydrogen) atoms. The lowest BCUT2D eigenvalue weighted by Gasteiger charge is -2.11. The summed E-state index contributed by atoms with van der Waals surface area (Å²) in [5.74, 6) is 0. The molecule has 2 aromatic carbocycles. The fraction of sp³-hybridized carbons (Fsp3) is 0.200. The smallest absolute Gasteiger partial charge is 0.0298 e. The molecule has 1 nitrogen and oxygen atoms in total. The summed E-state index contributed by atoms with van der Waals surface area (Å²) in [7, 11) is 0. The molecule has 1 atom stereocenters. The summed E-state index contributed by atoms with van der Waals surface area (Å²) in [6, 6.07) is 14.9. The summed E-state index contributed by atoms with van der Waals surface area (Å²) in [5, 5.41) is 2.52. The van der Waals surface area contributed by atoms with E-state index in [-0.39, 0.29) is 6.04 Å². The number of hydrogen-bond acceptors (Lipinski definition) is 1. The zero-order valence-corrected chi connectivity index (χ0v) is 9.39. The molecule has 0 radical (unpaired) electrons. The van der Waals surface area contributed by atoms with E-state index >= 15 is 0 Å². The Morgan fingerprint density at radius 3 is 2.62 bits per heavy atom. The van der Waals surface area contributed by atoms with Crippen LogP contribution in [0.3, 0.4) is 0 Å². The van der Waals surface area contributed by atoms with Crippen molar-refractivity contribution in [1.82, 2.24) is 0 Å². The van der Waals surface area contributed by atoms with E-state index in [2.05, 4.69) is 49.0 Å². The summed E-state index contributed by atoms with van der Waals surface area (Å²) in [6.07, 6.45) is 3.84. The molecule has 0 saturated carbocycles. The molecule has 0 spiro atoms. The summed E-state index contributed by atoms with van der Waals surface area (Å²) in [5.41, 5.74) is 7.33. The summed E-state index contributed by atoms with van der Waals surface area (Å²) in [4.78, 5) is 0. The Hall–Kier alpha value is -1.60. The molecular weight excluding hydrogens is 194 g/mol. The van der Waals surface area contributed by atoms with E-state index in [4.69, 9.17) is 5.73 Å². The molecule has 82 valence electrons. The van der Waals surface area contributed by atoms with Gasteiger partial charge >= 0.3 is 0 Å². The molecule has 0 aromatic heterocycles. The predicted octanol–water partition coefficient (Wildman–Crippen LogP) is 3.81. The maximum Gasteiger partial charge on any atom is 0.0298 e. The summed E-state index contributed by atoms with van der Waals surface area (Å²) < 4.78 is 0. The topological polar surface area (TPSA) is 26.0 Å². The Balaban J connectivity index is 2.28. The van der Waals surface area contributed by atoms with Crippen molar-refractivity contribution in [2.75, 3.05) is 0 Å². The van der Waals surface area contributed by atoms with Gasteiger partial charge in [0.25, 0.3) is 0 Å². The highest BCUT2D eigenvalue weighted by molar-refractivity contribution is 5.83. The molecule has 0 unspecified atom stereocenters. The Labute approximate surface area is 96.6 Å². The van der Waals surface area contributed by atoms with E-state index < -0.39 is 0 Å². The van der Waals surface area contributed by atoms with Gasteiger partial charge in [-0.3, -0.25) is 0 Å². The van der Waals surface area contributed by atoms with E-state index in [9.17, 15) is 0 Å². The van der Waals surface area contributed by atoms with E-state index in [1.165, 1.54) is 16.3 Å². The summed E-state index contributed by atoms with van der Waals surface area (Å²) in [6.45, 7) is 3.72. The molecule has 0 aliphatic heterocycles. The number of hydrogen-bond donors (Lipinski definition) is 1. The minimum atomic E-state index is 0.114. The molecule has 2 rings (SSSR count). The zero-order valence-electron chi connectivity index (χ0n) is 9.39. The van der Waals surface area contributed by atoms with Crippen LogP contribution < -0.4 is 5.73 Å². The van der Waals surface area contributed by atoms with E-state index in [0.717, 1.165) is 12.8 Å². The van der Waals surface area contributed by atoms with Crippen LogP contribution in [0.4, 0.5) is 0 Å². The molecular formula is C15H17N. The zero-order chi connectivity index (χ0) is 11.4. The van der Waals surface area contributed by atoms with Gasteiger partial charge in [-0.2, -0.15) is 0 Å². The van der Waals surface area contributed by atoms with Gasteiger partial charge in [0.15, 0.2) is 0 Å². The van der Waals surface area contributed by atoms with Crippen LogP contribution >= 0.6 is 0 Å². The standard InChI is InChI=1S/C15H17N/c1-2-3-8-15(16)14-10-9-12-6-4-5-7-13(12)11-14/h2,4-7,9-11,15H,1,3,8,16H2/t15-/m1/s1. The Morgan fingerprint density at radius 1 is 1.12 bits per heavy atom. The number of nitrogens with two attached hydrogens (primary N) is 1. The van der Waals surface area contributed by atoms with Gasteiger partial charge in [0, 0.05) is 6.04 Å². The van der Waals surface area contributed by atoms with Crippen molar-refractivity contribution in [3.63, 3.8) is 0 Å². The second kappa shape index (κ2) is 4.95. The van der Waals surface area contributed by atoms with Gasteiger partial charge in [-0.25, -0.2) is 0 Å². The van der Waals surface area contributed by atoms with Crippen LogP contribution in [0, 0.1) is 0 Å². The maximum absolute atomic E-state index is 6.12. The largest absolute Gasteiger partial charge is 0.324 e. The lowest BCUT2D eigenvalue weighted by atomic mass is 9.99. The van der Waals surface area contributed by atoms with Gasteiger partial charge in [-0.1, -0.05) is 42.5 Å². The molecule has 2 N–H and O–H groups in total. The van der Waals surface area contributed by atoms with Crippen molar-refractivity contribution in [3.05, 3.63) is 60.7 Å². The first-order chi connectivity index (χ1) is 7.81.